The highest BCUT2D eigenvalue weighted by Gasteiger charge is 2.46. The van der Waals surface area contributed by atoms with Crippen molar-refractivity contribution >= 4 is 40.1 Å². The molecule has 1 aliphatic heterocycles. The van der Waals surface area contributed by atoms with Crippen molar-refractivity contribution in [2.45, 2.75) is 37.5 Å². The number of halogens is 1. The lowest BCUT2D eigenvalue weighted by Gasteiger charge is -2.15. The molecule has 28 heavy (non-hydrogen) atoms. The summed E-state index contributed by atoms with van der Waals surface area (Å²) in [5.74, 6) is -0.978. The van der Waals surface area contributed by atoms with Crippen LogP contribution in [0.2, 0.25) is 0 Å². The van der Waals surface area contributed by atoms with E-state index in [9.17, 15) is 14.0 Å². The van der Waals surface area contributed by atoms with Gasteiger partial charge in [-0.05, 0) is 49.6 Å². The van der Waals surface area contributed by atoms with Crippen LogP contribution in [-0.4, -0.2) is 33.2 Å². The molecule has 7 heteroatoms. The fourth-order valence-corrected chi connectivity index (χ4v) is 4.32. The highest BCUT2D eigenvalue weighted by atomic mass is 32.2. The van der Waals surface area contributed by atoms with E-state index in [0.717, 1.165) is 24.1 Å². The zero-order valence-corrected chi connectivity index (χ0v) is 16.2. The molecule has 5 nitrogen and oxygen atoms in total. The van der Waals surface area contributed by atoms with Gasteiger partial charge in [0.05, 0.1) is 11.4 Å². The third-order valence-electron chi connectivity index (χ3n) is 4.62. The third-order valence-corrected chi connectivity index (χ3v) is 5.78. The summed E-state index contributed by atoms with van der Waals surface area (Å²) in [6, 6.07) is 13.9. The Morgan fingerprint density at radius 1 is 1.25 bits per heavy atom. The highest BCUT2D eigenvalue weighted by molar-refractivity contribution is 8.15. The van der Waals surface area contributed by atoms with Crippen molar-refractivity contribution in [1.82, 2.24) is 4.90 Å². The van der Waals surface area contributed by atoms with Gasteiger partial charge in [0.15, 0.2) is 5.17 Å². The second kappa shape index (κ2) is 7.75. The number of rotatable bonds is 5. The van der Waals surface area contributed by atoms with E-state index in [4.69, 9.17) is 0 Å². The second-order valence-electron chi connectivity index (χ2n) is 7.01. The van der Waals surface area contributed by atoms with Crippen LogP contribution in [0.5, 0.6) is 0 Å². The van der Waals surface area contributed by atoms with E-state index in [0.29, 0.717) is 5.17 Å². The van der Waals surface area contributed by atoms with Gasteiger partial charge in [0.25, 0.3) is 0 Å². The number of amidine groups is 1. The number of thioether (sulfide) groups is 1. The average molecular weight is 397 g/mol. The number of amides is 2. The molecule has 2 aromatic rings. The lowest BCUT2D eigenvalue weighted by atomic mass is 10.2. The number of carbonyl (C=O) groups excluding carboxylic acids is 2. The van der Waals surface area contributed by atoms with E-state index in [2.05, 4.69) is 10.3 Å². The van der Waals surface area contributed by atoms with Gasteiger partial charge in [-0.2, -0.15) is 0 Å². The summed E-state index contributed by atoms with van der Waals surface area (Å²) in [6.45, 7) is 1.99. The first-order valence-electron chi connectivity index (χ1n) is 9.21. The lowest BCUT2D eigenvalue weighted by molar-refractivity contribution is -0.128. The quantitative estimate of drug-likeness (QED) is 0.820. The van der Waals surface area contributed by atoms with Crippen molar-refractivity contribution < 1.29 is 14.0 Å². The Bertz CT molecular complexity index is 958. The van der Waals surface area contributed by atoms with Crippen LogP contribution in [0.15, 0.2) is 53.5 Å². The first-order chi connectivity index (χ1) is 13.5. The molecular formula is C21H20FN3O2S. The summed E-state index contributed by atoms with van der Waals surface area (Å²) in [7, 11) is 0. The summed E-state index contributed by atoms with van der Waals surface area (Å²) in [6.07, 6.45) is 1.88. The molecule has 4 rings (SSSR count). The Hall–Kier alpha value is -2.67. The van der Waals surface area contributed by atoms with Crippen LogP contribution in [0, 0.1) is 12.7 Å². The van der Waals surface area contributed by atoms with Gasteiger partial charge in [-0.15, -0.1) is 0 Å². The Balaban J connectivity index is 1.50. The van der Waals surface area contributed by atoms with Crippen molar-refractivity contribution in [2.75, 3.05) is 5.32 Å². The lowest BCUT2D eigenvalue weighted by Crippen LogP contribution is -2.35. The molecule has 2 aromatic carbocycles. The van der Waals surface area contributed by atoms with E-state index in [1.54, 1.807) is 17.0 Å². The molecule has 0 spiro atoms. The maximum absolute atomic E-state index is 13.7. The number of aliphatic imine (C=N–C) groups is 1. The predicted molar refractivity (Wildman–Crippen MR) is 109 cm³/mol. The summed E-state index contributed by atoms with van der Waals surface area (Å²) in [4.78, 5) is 31.6. The predicted octanol–water partition coefficient (Wildman–Crippen LogP) is 4.26. The molecule has 1 atom stereocenters. The first kappa shape index (κ1) is 18.7. The molecule has 0 unspecified atom stereocenters. The molecule has 2 fully saturated rings. The number of nitrogens with one attached hydrogen (secondary N) is 1. The minimum Gasteiger partial charge on any atom is -0.324 e. The number of hydrogen-bond acceptors (Lipinski definition) is 4. The van der Waals surface area contributed by atoms with Crippen molar-refractivity contribution in [1.29, 1.82) is 0 Å². The molecule has 2 amide bonds. The number of hydrogen-bond donors (Lipinski definition) is 1. The number of aryl methyl sites for hydroxylation is 1. The van der Waals surface area contributed by atoms with E-state index >= 15 is 0 Å². The van der Waals surface area contributed by atoms with Crippen LogP contribution in [0.3, 0.4) is 0 Å². The minimum atomic E-state index is -0.545. The van der Waals surface area contributed by atoms with Crippen molar-refractivity contribution in [2.24, 2.45) is 4.99 Å². The fourth-order valence-electron chi connectivity index (χ4n) is 3.10. The fraction of sp³-hybridized carbons (Fsp3) is 0.286. The number of para-hydroxylation sites is 1. The van der Waals surface area contributed by atoms with Gasteiger partial charge in [-0.3, -0.25) is 14.5 Å². The normalized spacial score (nSPS) is 20.6. The summed E-state index contributed by atoms with van der Waals surface area (Å²) in [5.41, 5.74) is 2.00. The Morgan fingerprint density at radius 2 is 2.04 bits per heavy atom. The molecule has 1 saturated carbocycles. The van der Waals surface area contributed by atoms with Gasteiger partial charge < -0.3 is 5.32 Å². The van der Waals surface area contributed by atoms with Gasteiger partial charge in [0.1, 0.15) is 11.1 Å². The molecule has 1 heterocycles. The second-order valence-corrected chi connectivity index (χ2v) is 8.18. The van der Waals surface area contributed by atoms with Gasteiger partial charge in [0, 0.05) is 12.5 Å². The smallest absolute Gasteiger partial charge is 0.242 e. The van der Waals surface area contributed by atoms with E-state index < -0.39 is 11.1 Å². The topological polar surface area (TPSA) is 61.8 Å². The van der Waals surface area contributed by atoms with Crippen LogP contribution in [-0.2, 0) is 9.59 Å². The minimum absolute atomic E-state index is 0.0199. The number of carbonyl (C=O) groups is 2. The largest absolute Gasteiger partial charge is 0.324 e. The zero-order valence-electron chi connectivity index (χ0n) is 15.4. The molecule has 1 saturated heterocycles. The molecule has 144 valence electrons. The van der Waals surface area contributed by atoms with Crippen molar-refractivity contribution in [3.8, 4) is 0 Å². The molecule has 0 radical (unpaired) electrons. The molecule has 1 aliphatic carbocycles. The SMILES string of the molecule is Cc1cccc(N=C2S[C@H](CC(=O)Nc3ccccc3F)C(=O)N2C2CC2)c1. The molecule has 0 aromatic heterocycles. The Morgan fingerprint density at radius 3 is 2.75 bits per heavy atom. The number of benzene rings is 2. The summed E-state index contributed by atoms with van der Waals surface area (Å²) >= 11 is 1.31. The van der Waals surface area contributed by atoms with Crippen LogP contribution >= 0.6 is 11.8 Å². The van der Waals surface area contributed by atoms with Gasteiger partial charge in [-0.1, -0.05) is 36.0 Å². The van der Waals surface area contributed by atoms with Crippen molar-refractivity contribution in [3.05, 3.63) is 59.9 Å². The van der Waals surface area contributed by atoms with Gasteiger partial charge in [-0.25, -0.2) is 9.38 Å². The standard InChI is InChI=1S/C21H20FN3O2S/c1-13-5-4-6-14(11-13)23-21-25(15-9-10-15)20(27)18(28-21)12-19(26)24-17-8-3-2-7-16(17)22/h2-8,11,15,18H,9-10,12H2,1H3,(H,24,26)/t18-/m1/s1. The zero-order chi connectivity index (χ0) is 19.7. The maximum Gasteiger partial charge on any atom is 0.242 e. The van der Waals surface area contributed by atoms with E-state index in [1.165, 1.54) is 23.9 Å². The molecule has 0 bridgehead atoms. The number of nitrogens with zero attached hydrogens (tertiary/aromatic N) is 2. The van der Waals surface area contributed by atoms with Gasteiger partial charge in [0.2, 0.25) is 11.8 Å². The van der Waals surface area contributed by atoms with Crippen LogP contribution in [0.25, 0.3) is 0 Å². The Kier molecular flexibility index (Phi) is 5.17. The maximum atomic E-state index is 13.7. The van der Waals surface area contributed by atoms with E-state index in [1.807, 2.05) is 31.2 Å². The average Bonchev–Trinajstić information content (AvgIpc) is 3.43. The molecule has 1 N–H and O–H groups in total. The Labute approximate surface area is 167 Å². The van der Waals surface area contributed by atoms with Crippen molar-refractivity contribution in [3.63, 3.8) is 0 Å². The van der Waals surface area contributed by atoms with E-state index in [-0.39, 0.29) is 30.0 Å². The third kappa shape index (κ3) is 4.09. The van der Waals surface area contributed by atoms with Gasteiger partial charge >= 0.3 is 0 Å². The highest BCUT2D eigenvalue weighted by Crippen LogP contribution is 2.39. The van der Waals surface area contributed by atoms with Crippen LogP contribution in [0.4, 0.5) is 15.8 Å². The summed E-state index contributed by atoms with van der Waals surface area (Å²) < 4.78 is 13.7. The van der Waals surface area contributed by atoms with Crippen LogP contribution in [0.1, 0.15) is 24.8 Å². The number of anilines is 1. The first-order valence-corrected chi connectivity index (χ1v) is 10.1. The molecule has 2 aliphatic rings. The summed E-state index contributed by atoms with van der Waals surface area (Å²) in [5, 5.41) is 2.65. The van der Waals surface area contributed by atoms with Crippen LogP contribution < -0.4 is 5.32 Å². The monoisotopic (exact) mass is 397 g/mol. The molecular weight excluding hydrogens is 377 g/mol.